The van der Waals surface area contributed by atoms with Gasteiger partial charge in [0, 0.05) is 0 Å². The number of H-pyrrole nitrogens is 1. The summed E-state index contributed by atoms with van der Waals surface area (Å²) in [6.07, 6.45) is 0.792. The topological polar surface area (TPSA) is 67.0 Å². The molecule has 124 valence electrons. The minimum absolute atomic E-state index is 0.0645. The van der Waals surface area contributed by atoms with Gasteiger partial charge in [0.15, 0.2) is 5.69 Å². The van der Waals surface area contributed by atoms with E-state index in [0.29, 0.717) is 5.69 Å². The van der Waals surface area contributed by atoms with Crippen LogP contribution in [0, 0.1) is 0 Å². The van der Waals surface area contributed by atoms with Crippen LogP contribution in [0.2, 0.25) is 0 Å². The molecule has 2 aromatic heterocycles. The van der Waals surface area contributed by atoms with Gasteiger partial charge < -0.3 is 10.1 Å². The second-order valence-corrected chi connectivity index (χ2v) is 6.30. The fraction of sp³-hybridized carbons (Fsp3) is 0.222. The lowest BCUT2D eigenvalue weighted by molar-refractivity contribution is 0.0930. The molecule has 0 bridgehead atoms. The van der Waals surface area contributed by atoms with Crippen LogP contribution >= 0.6 is 11.3 Å². The number of benzene rings is 1. The van der Waals surface area contributed by atoms with Gasteiger partial charge in [0.25, 0.3) is 5.91 Å². The number of hydrogen-bond acceptors (Lipinski definition) is 4. The van der Waals surface area contributed by atoms with E-state index in [-0.39, 0.29) is 11.9 Å². The molecule has 0 aliphatic carbocycles. The van der Waals surface area contributed by atoms with Crippen LogP contribution in [0.1, 0.15) is 35.4 Å². The number of thiophene rings is 1. The van der Waals surface area contributed by atoms with Crippen LogP contribution in [0.3, 0.4) is 0 Å². The fourth-order valence-electron chi connectivity index (χ4n) is 2.49. The number of nitrogens with zero attached hydrogens (tertiary/aromatic N) is 1. The molecule has 3 rings (SSSR count). The zero-order valence-corrected chi connectivity index (χ0v) is 14.4. The second kappa shape index (κ2) is 7.31. The summed E-state index contributed by atoms with van der Waals surface area (Å²) in [6, 6.07) is 13.4. The maximum atomic E-state index is 12.5. The zero-order chi connectivity index (χ0) is 16.9. The van der Waals surface area contributed by atoms with E-state index < -0.39 is 0 Å². The third-order valence-electron chi connectivity index (χ3n) is 3.83. The number of aromatic nitrogens is 2. The van der Waals surface area contributed by atoms with Crippen molar-refractivity contribution in [2.45, 2.75) is 19.4 Å². The molecule has 1 unspecified atom stereocenters. The predicted molar refractivity (Wildman–Crippen MR) is 95.4 cm³/mol. The number of carbonyl (C=O) groups excluding carboxylic acids is 1. The Hall–Kier alpha value is -2.60. The van der Waals surface area contributed by atoms with Crippen molar-refractivity contribution in [3.05, 3.63) is 59.1 Å². The molecule has 0 aliphatic rings. The quantitative estimate of drug-likeness (QED) is 0.711. The van der Waals surface area contributed by atoms with Crippen molar-refractivity contribution in [1.82, 2.24) is 15.5 Å². The van der Waals surface area contributed by atoms with Crippen LogP contribution in [-0.4, -0.2) is 23.2 Å². The molecule has 0 saturated carbocycles. The van der Waals surface area contributed by atoms with Gasteiger partial charge >= 0.3 is 0 Å². The van der Waals surface area contributed by atoms with Gasteiger partial charge in [-0.1, -0.05) is 25.1 Å². The van der Waals surface area contributed by atoms with Crippen LogP contribution in [-0.2, 0) is 0 Å². The molecule has 0 radical (unpaired) electrons. The highest BCUT2D eigenvalue weighted by Crippen LogP contribution is 2.24. The SMILES string of the molecule is CCC(NC(=O)c1cc(-c2cccs2)[nH]n1)c1ccc(OC)cc1. The minimum atomic E-state index is -0.184. The number of nitrogens with one attached hydrogen (secondary N) is 2. The molecule has 2 N–H and O–H groups in total. The van der Waals surface area contributed by atoms with E-state index in [1.165, 1.54) is 0 Å². The molecule has 2 heterocycles. The predicted octanol–water partition coefficient (Wildman–Crippen LogP) is 4.03. The van der Waals surface area contributed by atoms with Gasteiger partial charge in [-0.3, -0.25) is 9.89 Å². The number of carbonyl (C=O) groups is 1. The molecule has 6 heteroatoms. The Labute approximate surface area is 144 Å². The molecule has 0 saturated heterocycles. The highest BCUT2D eigenvalue weighted by molar-refractivity contribution is 7.13. The van der Waals surface area contributed by atoms with E-state index in [1.54, 1.807) is 24.5 Å². The Kier molecular flexibility index (Phi) is 4.96. The summed E-state index contributed by atoms with van der Waals surface area (Å²) in [5, 5.41) is 12.1. The number of rotatable bonds is 6. The lowest BCUT2D eigenvalue weighted by Gasteiger charge is -2.17. The average Bonchev–Trinajstić information content (AvgIpc) is 3.30. The maximum Gasteiger partial charge on any atom is 0.272 e. The first kappa shape index (κ1) is 16.3. The molecule has 5 nitrogen and oxygen atoms in total. The summed E-state index contributed by atoms with van der Waals surface area (Å²) < 4.78 is 5.17. The van der Waals surface area contributed by atoms with Crippen molar-refractivity contribution >= 4 is 17.2 Å². The summed E-state index contributed by atoms with van der Waals surface area (Å²) in [6.45, 7) is 2.04. The lowest BCUT2D eigenvalue weighted by Crippen LogP contribution is -2.28. The summed E-state index contributed by atoms with van der Waals surface area (Å²) in [5.74, 6) is 0.615. The first-order valence-corrected chi connectivity index (χ1v) is 8.63. The minimum Gasteiger partial charge on any atom is -0.497 e. The molecular weight excluding hydrogens is 322 g/mol. The van der Waals surface area contributed by atoms with Gasteiger partial charge in [-0.05, 0) is 41.6 Å². The molecule has 0 aliphatic heterocycles. The Morgan fingerprint density at radius 2 is 2.12 bits per heavy atom. The van der Waals surface area contributed by atoms with E-state index in [4.69, 9.17) is 4.74 Å². The van der Waals surface area contributed by atoms with Crippen molar-refractivity contribution in [1.29, 1.82) is 0 Å². The average molecular weight is 341 g/mol. The summed E-state index contributed by atoms with van der Waals surface area (Å²) in [4.78, 5) is 13.5. The molecule has 0 spiro atoms. The van der Waals surface area contributed by atoms with Gasteiger partial charge in [0.1, 0.15) is 5.75 Å². The third-order valence-corrected chi connectivity index (χ3v) is 4.73. The molecule has 24 heavy (non-hydrogen) atoms. The van der Waals surface area contributed by atoms with Crippen molar-refractivity contribution in [3.8, 4) is 16.3 Å². The molecular formula is C18H19N3O2S. The molecule has 1 amide bonds. The van der Waals surface area contributed by atoms with E-state index >= 15 is 0 Å². The number of hydrogen-bond donors (Lipinski definition) is 2. The van der Waals surface area contributed by atoms with Crippen LogP contribution in [0.4, 0.5) is 0 Å². The van der Waals surface area contributed by atoms with Crippen molar-refractivity contribution in [2.24, 2.45) is 0 Å². The Balaban J connectivity index is 1.72. The third kappa shape index (κ3) is 3.49. The van der Waals surface area contributed by atoms with Crippen LogP contribution in [0.5, 0.6) is 5.75 Å². The Morgan fingerprint density at radius 3 is 2.75 bits per heavy atom. The number of amides is 1. The maximum absolute atomic E-state index is 12.5. The van der Waals surface area contributed by atoms with Gasteiger partial charge in [0.2, 0.25) is 0 Å². The van der Waals surface area contributed by atoms with Crippen LogP contribution in [0.15, 0.2) is 47.8 Å². The lowest BCUT2D eigenvalue weighted by atomic mass is 10.0. The summed E-state index contributed by atoms with van der Waals surface area (Å²) in [7, 11) is 1.64. The normalized spacial score (nSPS) is 11.9. The van der Waals surface area contributed by atoms with Gasteiger partial charge in [-0.2, -0.15) is 5.10 Å². The standard InChI is InChI=1S/C18H19N3O2S/c1-3-14(12-6-8-13(23-2)9-7-12)19-18(22)16-11-15(20-21-16)17-5-4-10-24-17/h4-11,14H,3H2,1-2H3,(H,19,22)(H,20,21). The second-order valence-electron chi connectivity index (χ2n) is 5.35. The largest absolute Gasteiger partial charge is 0.497 e. The Bertz CT molecular complexity index is 794. The monoisotopic (exact) mass is 341 g/mol. The fourth-order valence-corrected chi connectivity index (χ4v) is 3.18. The van der Waals surface area contributed by atoms with Crippen LogP contribution in [0.25, 0.3) is 10.6 Å². The summed E-state index contributed by atoms with van der Waals surface area (Å²) >= 11 is 1.60. The van der Waals surface area contributed by atoms with Gasteiger partial charge in [-0.25, -0.2) is 0 Å². The Morgan fingerprint density at radius 1 is 1.33 bits per heavy atom. The molecule has 1 aromatic carbocycles. The summed E-state index contributed by atoms with van der Waals surface area (Å²) in [5.41, 5.74) is 2.29. The van der Waals surface area contributed by atoms with E-state index in [1.807, 2.05) is 48.7 Å². The smallest absolute Gasteiger partial charge is 0.272 e. The zero-order valence-electron chi connectivity index (χ0n) is 13.6. The highest BCUT2D eigenvalue weighted by Gasteiger charge is 2.17. The molecule has 3 aromatic rings. The highest BCUT2D eigenvalue weighted by atomic mass is 32.1. The first-order chi connectivity index (χ1) is 11.7. The van der Waals surface area contributed by atoms with E-state index in [0.717, 1.165) is 28.3 Å². The number of aromatic amines is 1. The number of methoxy groups -OCH3 is 1. The first-order valence-electron chi connectivity index (χ1n) is 7.75. The van der Waals surface area contributed by atoms with Gasteiger partial charge in [0.05, 0.1) is 23.7 Å². The van der Waals surface area contributed by atoms with Crippen molar-refractivity contribution in [3.63, 3.8) is 0 Å². The van der Waals surface area contributed by atoms with E-state index in [9.17, 15) is 4.79 Å². The molecule has 0 fully saturated rings. The van der Waals surface area contributed by atoms with E-state index in [2.05, 4.69) is 15.5 Å². The van der Waals surface area contributed by atoms with Crippen LogP contribution < -0.4 is 10.1 Å². The van der Waals surface area contributed by atoms with Gasteiger partial charge in [-0.15, -0.1) is 11.3 Å². The van der Waals surface area contributed by atoms with Crippen molar-refractivity contribution < 1.29 is 9.53 Å². The molecule has 1 atom stereocenters. The number of ether oxygens (including phenoxy) is 1. The van der Waals surface area contributed by atoms with Crippen molar-refractivity contribution in [2.75, 3.05) is 7.11 Å².